The summed E-state index contributed by atoms with van der Waals surface area (Å²) in [4.78, 5) is 2.40. The Hall–Kier alpha value is -1.22. The number of hydrogen-bond acceptors (Lipinski definition) is 2. The highest BCUT2D eigenvalue weighted by molar-refractivity contribution is 6.42. The average Bonchev–Trinajstić information content (AvgIpc) is 2.63. The van der Waals surface area contributed by atoms with Gasteiger partial charge in [-0.3, -0.25) is 0 Å². The van der Waals surface area contributed by atoms with E-state index in [1.54, 1.807) is 0 Å². The number of rotatable bonds is 2. The molecule has 1 aliphatic heterocycles. The Bertz CT molecular complexity index is 642. The summed E-state index contributed by atoms with van der Waals surface area (Å²) in [6.07, 6.45) is 0. The summed E-state index contributed by atoms with van der Waals surface area (Å²) in [5.41, 5.74) is 3.80. The van der Waals surface area contributed by atoms with Crippen molar-refractivity contribution in [3.8, 4) is 0 Å². The number of fused-ring (bicyclic) bond motifs is 1. The minimum atomic E-state index is 0.445. The molecule has 1 atom stereocenters. The molecule has 1 heterocycles. The zero-order chi connectivity index (χ0) is 14.8. The van der Waals surface area contributed by atoms with Gasteiger partial charge in [0.2, 0.25) is 0 Å². The molecule has 0 spiro atoms. The monoisotopic (exact) mass is 320 g/mol. The quantitative estimate of drug-likeness (QED) is 0.876. The van der Waals surface area contributed by atoms with Crippen molar-refractivity contribution in [1.29, 1.82) is 0 Å². The van der Waals surface area contributed by atoms with Crippen molar-refractivity contribution >= 4 is 28.9 Å². The van der Waals surface area contributed by atoms with E-state index in [9.17, 15) is 0 Å². The van der Waals surface area contributed by atoms with Crippen LogP contribution in [0.4, 0.5) is 5.69 Å². The Labute approximate surface area is 135 Å². The van der Waals surface area contributed by atoms with Gasteiger partial charge in [-0.05, 0) is 36.2 Å². The minimum Gasteiger partial charge on any atom is -0.365 e. The first-order chi connectivity index (χ1) is 10.1. The van der Waals surface area contributed by atoms with E-state index in [2.05, 4.69) is 41.4 Å². The van der Waals surface area contributed by atoms with Crippen molar-refractivity contribution in [1.82, 2.24) is 5.32 Å². The zero-order valence-electron chi connectivity index (χ0n) is 11.9. The molecule has 2 aromatic carbocycles. The summed E-state index contributed by atoms with van der Waals surface area (Å²) in [7, 11) is 0. The van der Waals surface area contributed by atoms with Crippen molar-refractivity contribution in [2.75, 3.05) is 11.4 Å². The van der Waals surface area contributed by atoms with Gasteiger partial charge in [-0.2, -0.15) is 0 Å². The summed E-state index contributed by atoms with van der Waals surface area (Å²) in [6.45, 7) is 4.93. The first kappa shape index (κ1) is 14.7. The number of nitrogens with zero attached hydrogens (tertiary/aromatic N) is 1. The maximum atomic E-state index is 6.13. The number of para-hydroxylation sites is 1. The van der Waals surface area contributed by atoms with Gasteiger partial charge in [0.25, 0.3) is 0 Å². The fourth-order valence-electron chi connectivity index (χ4n) is 2.75. The van der Waals surface area contributed by atoms with Gasteiger partial charge in [-0.1, -0.05) is 47.5 Å². The van der Waals surface area contributed by atoms with Gasteiger partial charge in [0, 0.05) is 31.4 Å². The molecule has 21 heavy (non-hydrogen) atoms. The van der Waals surface area contributed by atoms with Crippen LogP contribution in [0.15, 0.2) is 42.5 Å². The normalized spacial score (nSPS) is 18.2. The van der Waals surface area contributed by atoms with Gasteiger partial charge in [-0.15, -0.1) is 0 Å². The van der Waals surface area contributed by atoms with E-state index in [0.29, 0.717) is 16.1 Å². The highest BCUT2D eigenvalue weighted by Gasteiger charge is 2.18. The van der Waals surface area contributed by atoms with Crippen molar-refractivity contribution in [2.45, 2.75) is 26.1 Å². The SMILES string of the molecule is CC1CN(Cc2ccc(Cl)c(Cl)c2)c2ccccc2CN1. The van der Waals surface area contributed by atoms with Crippen LogP contribution in [0.3, 0.4) is 0 Å². The average molecular weight is 321 g/mol. The molecule has 4 heteroatoms. The standard InChI is InChI=1S/C17H18Cl2N2/c1-12-10-21(11-13-6-7-15(18)16(19)8-13)17-5-3-2-4-14(17)9-20-12/h2-8,12,20H,9-11H2,1H3. The molecule has 1 aliphatic rings. The van der Waals surface area contributed by atoms with Crippen molar-refractivity contribution in [3.05, 3.63) is 63.6 Å². The summed E-state index contributed by atoms with van der Waals surface area (Å²) in [5, 5.41) is 4.77. The van der Waals surface area contributed by atoms with E-state index in [4.69, 9.17) is 23.2 Å². The highest BCUT2D eigenvalue weighted by atomic mass is 35.5. The number of benzene rings is 2. The van der Waals surface area contributed by atoms with Crippen molar-refractivity contribution in [2.24, 2.45) is 0 Å². The van der Waals surface area contributed by atoms with Crippen molar-refractivity contribution in [3.63, 3.8) is 0 Å². The van der Waals surface area contributed by atoms with Crippen LogP contribution < -0.4 is 10.2 Å². The minimum absolute atomic E-state index is 0.445. The predicted octanol–water partition coefficient (Wildman–Crippen LogP) is 4.49. The summed E-state index contributed by atoms with van der Waals surface area (Å²) in [5.74, 6) is 0. The van der Waals surface area contributed by atoms with Crippen LogP contribution >= 0.6 is 23.2 Å². The lowest BCUT2D eigenvalue weighted by atomic mass is 10.1. The predicted molar refractivity (Wildman–Crippen MR) is 90.3 cm³/mol. The van der Waals surface area contributed by atoms with E-state index in [0.717, 1.165) is 19.6 Å². The molecular formula is C17H18Cl2N2. The highest BCUT2D eigenvalue weighted by Crippen LogP contribution is 2.27. The lowest BCUT2D eigenvalue weighted by molar-refractivity contribution is 0.552. The second-order valence-corrected chi connectivity index (χ2v) is 6.35. The van der Waals surface area contributed by atoms with Gasteiger partial charge >= 0.3 is 0 Å². The zero-order valence-corrected chi connectivity index (χ0v) is 13.5. The summed E-state index contributed by atoms with van der Waals surface area (Å²) < 4.78 is 0. The number of anilines is 1. The Balaban J connectivity index is 1.90. The first-order valence-corrected chi connectivity index (χ1v) is 7.89. The molecule has 3 rings (SSSR count). The molecule has 110 valence electrons. The Morgan fingerprint density at radius 1 is 1.14 bits per heavy atom. The second kappa shape index (κ2) is 6.27. The van der Waals surface area contributed by atoms with Gasteiger partial charge in [0.1, 0.15) is 0 Å². The molecule has 1 unspecified atom stereocenters. The molecule has 0 radical (unpaired) electrons. The molecule has 2 aromatic rings. The van der Waals surface area contributed by atoms with Gasteiger partial charge < -0.3 is 10.2 Å². The number of hydrogen-bond donors (Lipinski definition) is 1. The molecular weight excluding hydrogens is 303 g/mol. The molecule has 2 nitrogen and oxygen atoms in total. The second-order valence-electron chi connectivity index (χ2n) is 5.54. The van der Waals surface area contributed by atoms with Gasteiger partial charge in [0.15, 0.2) is 0 Å². The molecule has 0 bridgehead atoms. The van der Waals surface area contributed by atoms with E-state index >= 15 is 0 Å². The summed E-state index contributed by atoms with van der Waals surface area (Å²) >= 11 is 12.1. The maximum Gasteiger partial charge on any atom is 0.0595 e. The van der Waals surface area contributed by atoms with Crippen LogP contribution in [-0.4, -0.2) is 12.6 Å². The first-order valence-electron chi connectivity index (χ1n) is 7.13. The Morgan fingerprint density at radius 3 is 2.76 bits per heavy atom. The van der Waals surface area contributed by atoms with E-state index < -0.39 is 0 Å². The van der Waals surface area contributed by atoms with Crippen LogP contribution in [0.5, 0.6) is 0 Å². The third-order valence-corrected chi connectivity index (χ3v) is 4.56. The summed E-state index contributed by atoms with van der Waals surface area (Å²) in [6, 6.07) is 14.9. The van der Waals surface area contributed by atoms with Crippen LogP contribution in [0.25, 0.3) is 0 Å². The molecule has 0 saturated carbocycles. The third-order valence-electron chi connectivity index (χ3n) is 3.82. The number of nitrogens with one attached hydrogen (secondary N) is 1. The fourth-order valence-corrected chi connectivity index (χ4v) is 3.08. The smallest absolute Gasteiger partial charge is 0.0595 e. The molecule has 0 saturated heterocycles. The topological polar surface area (TPSA) is 15.3 Å². The molecule has 0 aromatic heterocycles. The lowest BCUT2D eigenvalue weighted by Crippen LogP contribution is -2.35. The van der Waals surface area contributed by atoms with E-state index in [1.165, 1.54) is 16.8 Å². The molecule has 0 fully saturated rings. The molecule has 0 amide bonds. The lowest BCUT2D eigenvalue weighted by Gasteiger charge is -2.26. The van der Waals surface area contributed by atoms with Gasteiger partial charge in [0.05, 0.1) is 10.0 Å². The Morgan fingerprint density at radius 2 is 1.95 bits per heavy atom. The fraction of sp³-hybridized carbons (Fsp3) is 0.294. The third kappa shape index (κ3) is 3.34. The van der Waals surface area contributed by atoms with Crippen LogP contribution in [-0.2, 0) is 13.1 Å². The Kier molecular flexibility index (Phi) is 4.39. The van der Waals surface area contributed by atoms with E-state index in [1.807, 2.05) is 18.2 Å². The van der Waals surface area contributed by atoms with Crippen LogP contribution in [0.1, 0.15) is 18.1 Å². The maximum absolute atomic E-state index is 6.13. The van der Waals surface area contributed by atoms with Crippen LogP contribution in [0, 0.1) is 0 Å². The van der Waals surface area contributed by atoms with Gasteiger partial charge in [-0.25, -0.2) is 0 Å². The molecule has 1 N–H and O–H groups in total. The van der Waals surface area contributed by atoms with Crippen molar-refractivity contribution < 1.29 is 0 Å². The van der Waals surface area contributed by atoms with E-state index in [-0.39, 0.29) is 0 Å². The van der Waals surface area contributed by atoms with Crippen LogP contribution in [0.2, 0.25) is 10.0 Å². The largest absolute Gasteiger partial charge is 0.365 e. The number of halogens is 2. The molecule has 0 aliphatic carbocycles.